The molecule has 0 spiro atoms. The van der Waals surface area contributed by atoms with Crippen molar-refractivity contribution in [1.82, 2.24) is 10.2 Å². The van der Waals surface area contributed by atoms with Crippen LogP contribution in [0.4, 0.5) is 0 Å². The summed E-state index contributed by atoms with van der Waals surface area (Å²) in [6.45, 7) is 3.97. The lowest BCUT2D eigenvalue weighted by Crippen LogP contribution is -2.30. The minimum atomic E-state index is 0.263. The first kappa shape index (κ1) is 14.8. The van der Waals surface area contributed by atoms with E-state index in [4.69, 9.17) is 4.42 Å². The molecule has 1 aromatic carbocycles. The second-order valence-corrected chi connectivity index (χ2v) is 5.25. The highest BCUT2D eigenvalue weighted by Gasteiger charge is 2.16. The van der Waals surface area contributed by atoms with Gasteiger partial charge in [-0.3, -0.25) is 4.90 Å². The molecule has 3 nitrogen and oxygen atoms in total. The fraction of sp³-hybridized carbons (Fsp3) is 0.412. The molecule has 1 atom stereocenters. The Labute approximate surface area is 121 Å². The zero-order valence-corrected chi connectivity index (χ0v) is 12.6. The van der Waals surface area contributed by atoms with Crippen molar-refractivity contribution < 1.29 is 4.42 Å². The molecule has 108 valence electrons. The Hall–Kier alpha value is -1.58. The molecule has 20 heavy (non-hydrogen) atoms. The quantitative estimate of drug-likeness (QED) is 0.839. The van der Waals surface area contributed by atoms with E-state index in [0.717, 1.165) is 25.3 Å². The van der Waals surface area contributed by atoms with E-state index in [9.17, 15) is 0 Å². The van der Waals surface area contributed by atoms with Gasteiger partial charge in [-0.05, 0) is 43.8 Å². The van der Waals surface area contributed by atoms with Gasteiger partial charge in [-0.25, -0.2) is 0 Å². The van der Waals surface area contributed by atoms with Crippen molar-refractivity contribution in [2.24, 2.45) is 0 Å². The third kappa shape index (κ3) is 3.71. The van der Waals surface area contributed by atoms with E-state index in [1.165, 1.54) is 11.1 Å². The van der Waals surface area contributed by atoms with Crippen LogP contribution in [0.3, 0.4) is 0 Å². The first-order chi connectivity index (χ1) is 9.72. The summed E-state index contributed by atoms with van der Waals surface area (Å²) in [5.74, 6) is 1.01. The first-order valence-electron chi connectivity index (χ1n) is 7.19. The average molecular weight is 272 g/mol. The van der Waals surface area contributed by atoms with Crippen LogP contribution in [-0.2, 0) is 13.0 Å². The van der Waals surface area contributed by atoms with Gasteiger partial charge in [0.2, 0.25) is 0 Å². The minimum Gasteiger partial charge on any atom is -0.468 e. The van der Waals surface area contributed by atoms with Crippen molar-refractivity contribution >= 4 is 0 Å². The molecule has 2 aromatic rings. The molecule has 1 aromatic heterocycles. The highest BCUT2D eigenvalue weighted by atomic mass is 16.3. The number of furan rings is 1. The third-order valence-corrected chi connectivity index (χ3v) is 3.65. The van der Waals surface area contributed by atoms with E-state index >= 15 is 0 Å². The van der Waals surface area contributed by atoms with Gasteiger partial charge in [0.05, 0.1) is 12.3 Å². The fourth-order valence-electron chi connectivity index (χ4n) is 2.44. The number of nitrogens with one attached hydrogen (secondary N) is 1. The summed E-state index contributed by atoms with van der Waals surface area (Å²) in [5.41, 5.74) is 2.80. The molecule has 0 aliphatic heterocycles. The van der Waals surface area contributed by atoms with Gasteiger partial charge >= 0.3 is 0 Å². The predicted octanol–water partition coefficient (Wildman–Crippen LogP) is 3.23. The number of rotatable bonds is 7. The van der Waals surface area contributed by atoms with Gasteiger partial charge in [-0.1, -0.05) is 31.2 Å². The van der Waals surface area contributed by atoms with Gasteiger partial charge in [0.25, 0.3) is 0 Å². The van der Waals surface area contributed by atoms with Crippen LogP contribution in [0.1, 0.15) is 29.9 Å². The molecule has 0 fully saturated rings. The number of nitrogens with zero attached hydrogens (tertiary/aromatic N) is 1. The number of hydrogen-bond donors (Lipinski definition) is 1. The number of benzene rings is 1. The van der Waals surface area contributed by atoms with Crippen LogP contribution in [-0.4, -0.2) is 25.5 Å². The summed E-state index contributed by atoms with van der Waals surface area (Å²) in [5, 5.41) is 3.54. The summed E-state index contributed by atoms with van der Waals surface area (Å²) >= 11 is 0. The maximum atomic E-state index is 5.52. The molecular weight excluding hydrogens is 248 g/mol. The van der Waals surface area contributed by atoms with Crippen molar-refractivity contribution in [2.45, 2.75) is 25.9 Å². The normalized spacial score (nSPS) is 12.8. The molecule has 1 unspecified atom stereocenters. The topological polar surface area (TPSA) is 28.4 Å². The Morgan fingerprint density at radius 1 is 1.10 bits per heavy atom. The highest BCUT2D eigenvalue weighted by molar-refractivity contribution is 5.26. The standard InChI is InChI=1S/C17H24N2O/c1-4-14-8-5-6-9-15(14)12-18-13-16(19(2)3)17-10-7-11-20-17/h5-11,16,18H,4,12-13H2,1-3H3. The summed E-state index contributed by atoms with van der Waals surface area (Å²) in [6.07, 6.45) is 2.81. The average Bonchev–Trinajstić information content (AvgIpc) is 2.97. The molecule has 3 heteroatoms. The monoisotopic (exact) mass is 272 g/mol. The van der Waals surface area contributed by atoms with E-state index in [-0.39, 0.29) is 6.04 Å². The largest absolute Gasteiger partial charge is 0.468 e. The molecule has 2 rings (SSSR count). The SMILES string of the molecule is CCc1ccccc1CNCC(c1ccco1)N(C)C. The van der Waals surface area contributed by atoms with Gasteiger partial charge in [0, 0.05) is 13.1 Å². The smallest absolute Gasteiger partial charge is 0.122 e. The lowest BCUT2D eigenvalue weighted by atomic mass is 10.1. The Kier molecular flexibility index (Phi) is 5.39. The van der Waals surface area contributed by atoms with Crippen LogP contribution in [0.5, 0.6) is 0 Å². The van der Waals surface area contributed by atoms with E-state index in [1.54, 1.807) is 6.26 Å². The third-order valence-electron chi connectivity index (χ3n) is 3.65. The van der Waals surface area contributed by atoms with Gasteiger partial charge in [0.15, 0.2) is 0 Å². The molecule has 0 amide bonds. The van der Waals surface area contributed by atoms with Crippen molar-refractivity contribution in [3.63, 3.8) is 0 Å². The zero-order chi connectivity index (χ0) is 14.4. The summed E-state index contributed by atoms with van der Waals surface area (Å²) in [7, 11) is 4.16. The predicted molar refractivity (Wildman–Crippen MR) is 82.7 cm³/mol. The summed E-state index contributed by atoms with van der Waals surface area (Å²) in [6, 6.07) is 12.8. The van der Waals surface area contributed by atoms with Gasteiger partial charge in [0.1, 0.15) is 5.76 Å². The fourth-order valence-corrected chi connectivity index (χ4v) is 2.44. The first-order valence-corrected chi connectivity index (χ1v) is 7.19. The lowest BCUT2D eigenvalue weighted by Gasteiger charge is -2.23. The molecule has 0 radical (unpaired) electrons. The number of aryl methyl sites for hydroxylation is 1. The molecule has 0 saturated carbocycles. The van der Waals surface area contributed by atoms with Crippen LogP contribution >= 0.6 is 0 Å². The lowest BCUT2D eigenvalue weighted by molar-refractivity contribution is 0.250. The highest BCUT2D eigenvalue weighted by Crippen LogP contribution is 2.18. The molecule has 0 saturated heterocycles. The van der Waals surface area contributed by atoms with Crippen molar-refractivity contribution in [3.8, 4) is 0 Å². The Balaban J connectivity index is 1.94. The van der Waals surface area contributed by atoms with E-state index in [1.807, 2.05) is 12.1 Å². The van der Waals surface area contributed by atoms with Gasteiger partial charge in [-0.15, -0.1) is 0 Å². The maximum absolute atomic E-state index is 5.52. The molecule has 0 aliphatic carbocycles. The van der Waals surface area contributed by atoms with Crippen LogP contribution in [0.25, 0.3) is 0 Å². The van der Waals surface area contributed by atoms with E-state index in [0.29, 0.717) is 0 Å². The zero-order valence-electron chi connectivity index (χ0n) is 12.6. The van der Waals surface area contributed by atoms with E-state index < -0.39 is 0 Å². The summed E-state index contributed by atoms with van der Waals surface area (Å²) in [4.78, 5) is 2.18. The Morgan fingerprint density at radius 3 is 2.45 bits per heavy atom. The molecule has 0 bridgehead atoms. The molecule has 1 heterocycles. The van der Waals surface area contributed by atoms with Gasteiger partial charge < -0.3 is 9.73 Å². The number of hydrogen-bond acceptors (Lipinski definition) is 3. The van der Waals surface area contributed by atoms with Crippen molar-refractivity contribution in [1.29, 1.82) is 0 Å². The van der Waals surface area contributed by atoms with Crippen LogP contribution in [0.2, 0.25) is 0 Å². The molecule has 0 aliphatic rings. The Bertz CT molecular complexity index is 505. The number of likely N-dealkylation sites (N-methyl/N-ethyl adjacent to an activating group) is 1. The molecular formula is C17H24N2O. The second kappa shape index (κ2) is 7.27. The maximum Gasteiger partial charge on any atom is 0.122 e. The molecule has 1 N–H and O–H groups in total. The second-order valence-electron chi connectivity index (χ2n) is 5.25. The summed E-state index contributed by atoms with van der Waals surface area (Å²) < 4.78 is 5.52. The van der Waals surface area contributed by atoms with E-state index in [2.05, 4.69) is 55.5 Å². The Morgan fingerprint density at radius 2 is 1.85 bits per heavy atom. The van der Waals surface area contributed by atoms with Crippen LogP contribution in [0.15, 0.2) is 47.1 Å². The van der Waals surface area contributed by atoms with Crippen molar-refractivity contribution in [2.75, 3.05) is 20.6 Å². The van der Waals surface area contributed by atoms with Crippen LogP contribution in [0, 0.1) is 0 Å². The minimum absolute atomic E-state index is 0.263. The van der Waals surface area contributed by atoms with Gasteiger partial charge in [-0.2, -0.15) is 0 Å². The van der Waals surface area contributed by atoms with Crippen molar-refractivity contribution in [3.05, 3.63) is 59.5 Å². The van der Waals surface area contributed by atoms with Crippen LogP contribution < -0.4 is 5.32 Å².